The van der Waals surface area contributed by atoms with Crippen molar-refractivity contribution >= 4 is 28.7 Å². The summed E-state index contributed by atoms with van der Waals surface area (Å²) in [4.78, 5) is 49.1. The molecule has 8 atom stereocenters. The summed E-state index contributed by atoms with van der Waals surface area (Å²) in [6.07, 6.45) is -0.108. The minimum Gasteiger partial charge on any atom is -0.394 e. The van der Waals surface area contributed by atoms with Crippen LogP contribution in [0, 0.1) is 5.41 Å². The maximum Gasteiger partial charge on any atom is 0.283 e. The molecule has 2 fully saturated rings. The molecular formula is C28H29N5O8. The van der Waals surface area contributed by atoms with E-state index in [9.17, 15) is 34.8 Å². The zero-order valence-corrected chi connectivity index (χ0v) is 22.1. The second-order valence-corrected chi connectivity index (χ2v) is 12.2. The average molecular weight is 564 g/mol. The first kappa shape index (κ1) is 25.2. The van der Waals surface area contributed by atoms with Gasteiger partial charge in [0.15, 0.2) is 11.2 Å². The van der Waals surface area contributed by atoms with Gasteiger partial charge in [0.1, 0.15) is 30.3 Å². The molecule has 13 nitrogen and oxygen atoms in total. The maximum atomic E-state index is 13.9. The molecule has 2 aromatic heterocycles. The quantitative estimate of drug-likeness (QED) is 0.287. The summed E-state index contributed by atoms with van der Waals surface area (Å²) in [5.74, 6) is -0.580. The molecule has 3 unspecified atom stereocenters. The highest BCUT2D eigenvalue weighted by Crippen LogP contribution is 2.57. The number of aliphatic hydroxyl groups is 4. The number of hydrogen-bond acceptors (Lipinski definition) is 11. The highest BCUT2D eigenvalue weighted by molar-refractivity contribution is 6.07. The lowest BCUT2D eigenvalue weighted by Crippen LogP contribution is -2.54. The van der Waals surface area contributed by atoms with Gasteiger partial charge in [-0.2, -0.15) is 4.98 Å². The molecule has 41 heavy (non-hydrogen) atoms. The van der Waals surface area contributed by atoms with Crippen LogP contribution in [0.15, 0.2) is 23.3 Å². The standard InChI is InChI=1S/C28H29N5O8/c1-27-7-6-12-11(14(27)4-5-17(27)36)2-3-13-19(12)21(37)22-28(40,23(13)38)31-26-30-24-20(25(39)33(22)26)29-10-32(24)18-8-15(35)16(9-34)41-18/h2-3,10,14-16,18,21-22,34-35,37,40H,4-9H2,1H3,(H,30,31)/t14-,15-,16+,18+,21?,22?,27-,28?/m0/s1. The van der Waals surface area contributed by atoms with Crippen molar-refractivity contribution in [3.8, 4) is 0 Å². The van der Waals surface area contributed by atoms with Gasteiger partial charge in [0.05, 0.1) is 19.0 Å². The molecule has 4 heterocycles. The molecule has 5 N–H and O–H groups in total. The summed E-state index contributed by atoms with van der Waals surface area (Å²) in [5, 5.41) is 45.9. The number of benzene rings is 1. The number of carbonyl (C=O) groups excluding carboxylic acids is 2. The van der Waals surface area contributed by atoms with Crippen molar-refractivity contribution < 1.29 is 34.8 Å². The van der Waals surface area contributed by atoms with Crippen LogP contribution in [0.5, 0.6) is 0 Å². The minimum atomic E-state index is -2.34. The third kappa shape index (κ3) is 2.99. The van der Waals surface area contributed by atoms with Gasteiger partial charge in [-0.3, -0.25) is 23.5 Å². The monoisotopic (exact) mass is 563 g/mol. The number of hydrogen-bond donors (Lipinski definition) is 5. The Hall–Kier alpha value is -3.49. The number of rotatable bonds is 2. The number of ether oxygens (including phenoxy) is 1. The van der Waals surface area contributed by atoms with Crippen molar-refractivity contribution in [1.82, 2.24) is 19.1 Å². The van der Waals surface area contributed by atoms with E-state index >= 15 is 0 Å². The number of nitrogens with zero attached hydrogens (tertiary/aromatic N) is 4. The fourth-order valence-corrected chi connectivity index (χ4v) is 8.04. The van der Waals surface area contributed by atoms with E-state index in [4.69, 9.17) is 4.74 Å². The van der Waals surface area contributed by atoms with Crippen LogP contribution in [0.3, 0.4) is 0 Å². The Balaban J connectivity index is 1.26. The zero-order valence-electron chi connectivity index (χ0n) is 22.1. The van der Waals surface area contributed by atoms with E-state index in [2.05, 4.69) is 15.3 Å². The normalized spacial score (nSPS) is 37.0. The lowest BCUT2D eigenvalue weighted by Gasteiger charge is -2.42. The van der Waals surface area contributed by atoms with Crippen LogP contribution in [0.1, 0.15) is 83.9 Å². The largest absolute Gasteiger partial charge is 0.394 e. The van der Waals surface area contributed by atoms with Crippen LogP contribution < -0.4 is 10.9 Å². The second kappa shape index (κ2) is 8.07. The van der Waals surface area contributed by atoms with Gasteiger partial charge in [-0.15, -0.1) is 0 Å². The van der Waals surface area contributed by atoms with Gasteiger partial charge < -0.3 is 30.5 Å². The molecule has 8 rings (SSSR count). The molecule has 0 bridgehead atoms. The summed E-state index contributed by atoms with van der Waals surface area (Å²) in [5.41, 5.74) is -1.13. The zero-order chi connectivity index (χ0) is 28.6. The summed E-state index contributed by atoms with van der Waals surface area (Å²) >= 11 is 0. The van der Waals surface area contributed by atoms with E-state index < -0.39 is 53.1 Å². The molecule has 0 spiro atoms. The van der Waals surface area contributed by atoms with Crippen molar-refractivity contribution in [2.45, 2.75) is 81.3 Å². The van der Waals surface area contributed by atoms with Crippen LogP contribution >= 0.6 is 0 Å². The van der Waals surface area contributed by atoms with E-state index in [0.717, 1.165) is 15.7 Å². The lowest BCUT2D eigenvalue weighted by molar-refractivity contribution is -0.126. The molecule has 5 aliphatic rings. The number of Topliss-reactive ketones (excluding diaryl/α,β-unsaturated/α-hetero) is 2. The summed E-state index contributed by atoms with van der Waals surface area (Å²) in [7, 11) is 0. The third-order valence-electron chi connectivity index (χ3n) is 10.2. The van der Waals surface area contributed by atoms with E-state index in [1.807, 2.05) is 13.0 Å². The third-order valence-corrected chi connectivity index (χ3v) is 10.2. The van der Waals surface area contributed by atoms with Gasteiger partial charge in [-0.05, 0) is 41.9 Å². The average Bonchev–Trinajstić information content (AvgIpc) is 3.69. The topological polar surface area (TPSA) is 189 Å². The summed E-state index contributed by atoms with van der Waals surface area (Å²) in [6, 6.07) is 2.04. The number of aliphatic hydroxyl groups excluding tert-OH is 3. The van der Waals surface area contributed by atoms with E-state index in [1.165, 1.54) is 10.9 Å². The smallest absolute Gasteiger partial charge is 0.283 e. The minimum absolute atomic E-state index is 0.0177. The number of anilines is 1. The number of ketones is 2. The van der Waals surface area contributed by atoms with Crippen LogP contribution in [-0.4, -0.2) is 75.6 Å². The fraction of sp³-hybridized carbons (Fsp3) is 0.536. The van der Waals surface area contributed by atoms with Crippen molar-refractivity contribution in [2.75, 3.05) is 11.9 Å². The summed E-state index contributed by atoms with van der Waals surface area (Å²) in [6.45, 7) is 1.61. The Morgan fingerprint density at radius 2 is 2.00 bits per heavy atom. The molecule has 1 saturated heterocycles. The Morgan fingerprint density at radius 1 is 1.20 bits per heavy atom. The van der Waals surface area contributed by atoms with Crippen molar-refractivity contribution in [1.29, 1.82) is 0 Å². The number of imidazole rings is 1. The van der Waals surface area contributed by atoms with Crippen LogP contribution in [0.25, 0.3) is 11.2 Å². The SMILES string of the molecule is C[C@]12CCc3c(ccc4c3C(O)C3n5c(nc6c(ncn6[C@H]6C[C@H](O)[C@@H](CO)O6)c5=O)NC3(O)C4=O)[C@@H]1CCC2=O. The number of aromatic nitrogens is 4. The Labute approximate surface area is 232 Å². The molecule has 2 aliphatic heterocycles. The van der Waals surface area contributed by atoms with Gasteiger partial charge in [0.25, 0.3) is 5.56 Å². The van der Waals surface area contributed by atoms with E-state index in [1.54, 1.807) is 6.07 Å². The molecule has 13 heteroatoms. The highest BCUT2D eigenvalue weighted by Gasteiger charge is 2.61. The first-order valence-electron chi connectivity index (χ1n) is 13.9. The van der Waals surface area contributed by atoms with Crippen molar-refractivity contribution in [3.05, 3.63) is 51.1 Å². The van der Waals surface area contributed by atoms with Gasteiger partial charge in [0, 0.05) is 23.8 Å². The van der Waals surface area contributed by atoms with Gasteiger partial charge in [-0.25, -0.2) is 4.98 Å². The Morgan fingerprint density at radius 3 is 2.76 bits per heavy atom. The van der Waals surface area contributed by atoms with E-state index in [-0.39, 0.29) is 47.4 Å². The van der Waals surface area contributed by atoms with Crippen molar-refractivity contribution in [2.24, 2.45) is 5.41 Å². The number of carbonyl (C=O) groups is 2. The lowest BCUT2D eigenvalue weighted by atomic mass is 9.63. The van der Waals surface area contributed by atoms with E-state index in [0.29, 0.717) is 31.2 Å². The maximum absolute atomic E-state index is 13.9. The number of fused-ring (bicyclic) bond motifs is 9. The summed E-state index contributed by atoms with van der Waals surface area (Å²) < 4.78 is 8.27. The molecule has 3 aromatic rings. The first-order valence-corrected chi connectivity index (χ1v) is 13.9. The number of nitrogens with one attached hydrogen (secondary N) is 1. The first-order chi connectivity index (χ1) is 19.6. The van der Waals surface area contributed by atoms with Gasteiger partial charge in [0.2, 0.25) is 17.5 Å². The molecule has 1 aromatic carbocycles. The molecule has 0 radical (unpaired) electrons. The second-order valence-electron chi connectivity index (χ2n) is 12.2. The molecule has 0 amide bonds. The highest BCUT2D eigenvalue weighted by atomic mass is 16.5. The molecule has 1 saturated carbocycles. The molecular weight excluding hydrogens is 534 g/mol. The molecule has 214 valence electrons. The molecule has 3 aliphatic carbocycles. The predicted molar refractivity (Wildman–Crippen MR) is 140 cm³/mol. The van der Waals surface area contributed by atoms with Crippen LogP contribution in [0.4, 0.5) is 5.95 Å². The van der Waals surface area contributed by atoms with Gasteiger partial charge in [-0.1, -0.05) is 19.1 Å². The Bertz CT molecular complexity index is 1750. The van der Waals surface area contributed by atoms with Crippen LogP contribution in [-0.2, 0) is 16.0 Å². The fourth-order valence-electron chi connectivity index (χ4n) is 8.04. The van der Waals surface area contributed by atoms with Crippen molar-refractivity contribution in [3.63, 3.8) is 0 Å². The van der Waals surface area contributed by atoms with Crippen LogP contribution in [0.2, 0.25) is 0 Å². The van der Waals surface area contributed by atoms with Gasteiger partial charge >= 0.3 is 0 Å². The Kier molecular flexibility index (Phi) is 4.97. The predicted octanol–water partition coefficient (Wildman–Crippen LogP) is 0.218.